The number of anilines is 1. The maximum Gasteiger partial charge on any atom is 0.229 e. The zero-order valence-electron chi connectivity index (χ0n) is 9.43. The van der Waals surface area contributed by atoms with E-state index in [1.54, 1.807) is 38.4 Å². The van der Waals surface area contributed by atoms with E-state index in [9.17, 15) is 4.79 Å². The van der Waals surface area contributed by atoms with Crippen LogP contribution >= 0.6 is 0 Å². The Kier molecular flexibility index (Phi) is 4.49. The molecule has 0 fully saturated rings. The van der Waals surface area contributed by atoms with Crippen LogP contribution in [0.5, 0.6) is 0 Å². The van der Waals surface area contributed by atoms with Crippen LogP contribution in [0.2, 0.25) is 0 Å². The molecule has 1 aromatic rings. The van der Waals surface area contributed by atoms with Crippen LogP contribution in [0.3, 0.4) is 0 Å². The maximum atomic E-state index is 11.7. The first-order chi connectivity index (χ1) is 7.70. The molecule has 0 saturated carbocycles. The summed E-state index contributed by atoms with van der Waals surface area (Å²) in [5.41, 5.74) is 1.13. The van der Waals surface area contributed by atoms with Gasteiger partial charge in [-0.2, -0.15) is 5.26 Å². The standard InChI is InChI=1S/C12H14N2O2/c1-14(12(15)7-8-16-2)11-6-4-3-5-10(11)9-13/h3-6H,7-8H2,1-2H3. The van der Waals surface area contributed by atoms with Crippen molar-refractivity contribution in [1.82, 2.24) is 0 Å². The molecule has 0 spiro atoms. The monoisotopic (exact) mass is 218 g/mol. The molecule has 0 bridgehead atoms. The van der Waals surface area contributed by atoms with Gasteiger partial charge in [0.1, 0.15) is 6.07 Å². The highest BCUT2D eigenvalue weighted by Gasteiger charge is 2.13. The number of carbonyl (C=O) groups excluding carboxylic acids is 1. The number of amides is 1. The van der Waals surface area contributed by atoms with E-state index < -0.39 is 0 Å². The van der Waals surface area contributed by atoms with Crippen LogP contribution in [0, 0.1) is 11.3 Å². The van der Waals surface area contributed by atoms with Gasteiger partial charge in [-0.25, -0.2) is 0 Å². The largest absolute Gasteiger partial charge is 0.384 e. The lowest BCUT2D eigenvalue weighted by Crippen LogP contribution is -2.27. The Morgan fingerprint density at radius 2 is 2.19 bits per heavy atom. The Morgan fingerprint density at radius 3 is 2.81 bits per heavy atom. The molecule has 0 aliphatic rings. The van der Waals surface area contributed by atoms with Crippen molar-refractivity contribution in [3.63, 3.8) is 0 Å². The van der Waals surface area contributed by atoms with Crippen LogP contribution < -0.4 is 4.90 Å². The molecule has 0 saturated heterocycles. The third kappa shape index (κ3) is 2.81. The first kappa shape index (κ1) is 12.2. The molecule has 0 unspecified atom stereocenters. The molecule has 1 aromatic carbocycles. The average molecular weight is 218 g/mol. The number of ether oxygens (including phenoxy) is 1. The summed E-state index contributed by atoms with van der Waals surface area (Å²) in [6.07, 6.45) is 0.312. The van der Waals surface area contributed by atoms with Gasteiger partial charge in [-0.3, -0.25) is 4.79 Å². The minimum absolute atomic E-state index is 0.0652. The molecule has 0 heterocycles. The highest BCUT2D eigenvalue weighted by Crippen LogP contribution is 2.18. The highest BCUT2D eigenvalue weighted by atomic mass is 16.5. The summed E-state index contributed by atoms with van der Waals surface area (Å²) in [4.78, 5) is 13.2. The van der Waals surface area contributed by atoms with Gasteiger partial charge in [0.05, 0.1) is 24.3 Å². The fourth-order valence-corrected chi connectivity index (χ4v) is 1.35. The van der Waals surface area contributed by atoms with Gasteiger partial charge >= 0.3 is 0 Å². The summed E-state index contributed by atoms with van der Waals surface area (Å²) in [7, 11) is 3.21. The van der Waals surface area contributed by atoms with Crippen molar-refractivity contribution in [2.45, 2.75) is 6.42 Å². The van der Waals surface area contributed by atoms with Gasteiger partial charge in [0.15, 0.2) is 0 Å². The summed E-state index contributed by atoms with van der Waals surface area (Å²) < 4.78 is 4.84. The lowest BCUT2D eigenvalue weighted by molar-refractivity contribution is -0.119. The summed E-state index contributed by atoms with van der Waals surface area (Å²) in [6, 6.07) is 9.08. The van der Waals surface area contributed by atoms with Crippen LogP contribution in [0.15, 0.2) is 24.3 Å². The van der Waals surface area contributed by atoms with Crippen molar-refractivity contribution >= 4 is 11.6 Å². The number of benzene rings is 1. The van der Waals surface area contributed by atoms with Crippen molar-refractivity contribution < 1.29 is 9.53 Å². The van der Waals surface area contributed by atoms with E-state index in [1.165, 1.54) is 4.90 Å². The quantitative estimate of drug-likeness (QED) is 0.770. The normalized spacial score (nSPS) is 9.56. The molecule has 84 valence electrons. The van der Waals surface area contributed by atoms with Gasteiger partial charge in [0, 0.05) is 14.2 Å². The van der Waals surface area contributed by atoms with Gasteiger partial charge in [0.2, 0.25) is 5.91 Å². The first-order valence-corrected chi connectivity index (χ1v) is 4.95. The van der Waals surface area contributed by atoms with Crippen molar-refractivity contribution in [3.8, 4) is 6.07 Å². The van der Waals surface area contributed by atoms with Crippen LogP contribution in [0.4, 0.5) is 5.69 Å². The van der Waals surface area contributed by atoms with E-state index in [-0.39, 0.29) is 5.91 Å². The van der Waals surface area contributed by atoms with Crippen LogP contribution in [-0.4, -0.2) is 26.7 Å². The molecule has 1 amide bonds. The first-order valence-electron chi connectivity index (χ1n) is 4.95. The van der Waals surface area contributed by atoms with Crippen LogP contribution in [0.1, 0.15) is 12.0 Å². The molecule has 0 radical (unpaired) electrons. The predicted octanol–water partition coefficient (Wildman–Crippen LogP) is 1.56. The van der Waals surface area contributed by atoms with Crippen molar-refractivity contribution in [1.29, 1.82) is 5.26 Å². The Balaban J connectivity index is 2.84. The smallest absolute Gasteiger partial charge is 0.229 e. The van der Waals surface area contributed by atoms with E-state index in [1.807, 2.05) is 0 Å². The third-order valence-electron chi connectivity index (χ3n) is 2.28. The second-order valence-corrected chi connectivity index (χ2v) is 3.32. The number of nitriles is 1. The number of hydrogen-bond donors (Lipinski definition) is 0. The van der Waals surface area contributed by atoms with Gasteiger partial charge in [-0.1, -0.05) is 12.1 Å². The Hall–Kier alpha value is -1.86. The third-order valence-corrected chi connectivity index (χ3v) is 2.28. The van der Waals surface area contributed by atoms with E-state index in [2.05, 4.69) is 6.07 Å². The van der Waals surface area contributed by atoms with Crippen LogP contribution in [-0.2, 0) is 9.53 Å². The summed E-state index contributed by atoms with van der Waals surface area (Å²) in [5.74, 6) is -0.0652. The van der Waals surface area contributed by atoms with Gasteiger partial charge in [0.25, 0.3) is 0 Å². The second-order valence-electron chi connectivity index (χ2n) is 3.32. The van der Waals surface area contributed by atoms with Gasteiger partial charge in [-0.05, 0) is 12.1 Å². The topological polar surface area (TPSA) is 53.3 Å². The van der Waals surface area contributed by atoms with Gasteiger partial charge < -0.3 is 9.64 Å². The fourth-order valence-electron chi connectivity index (χ4n) is 1.35. The predicted molar refractivity (Wildman–Crippen MR) is 61.1 cm³/mol. The van der Waals surface area contributed by atoms with E-state index >= 15 is 0 Å². The highest BCUT2D eigenvalue weighted by molar-refractivity contribution is 5.94. The Labute approximate surface area is 95.0 Å². The molecule has 0 atom stereocenters. The number of methoxy groups -OCH3 is 1. The number of hydrogen-bond acceptors (Lipinski definition) is 3. The molecular weight excluding hydrogens is 204 g/mol. The summed E-state index contributed by atoms with van der Waals surface area (Å²) in [5, 5.41) is 8.91. The SMILES string of the molecule is COCCC(=O)N(C)c1ccccc1C#N. The molecule has 0 N–H and O–H groups in total. The Bertz CT molecular complexity index is 410. The molecule has 0 aliphatic heterocycles. The Morgan fingerprint density at radius 1 is 1.50 bits per heavy atom. The minimum atomic E-state index is -0.0652. The number of carbonyl (C=O) groups is 1. The average Bonchev–Trinajstić information content (AvgIpc) is 2.34. The summed E-state index contributed by atoms with van der Waals surface area (Å²) in [6.45, 7) is 0.387. The molecule has 1 rings (SSSR count). The molecule has 16 heavy (non-hydrogen) atoms. The zero-order chi connectivity index (χ0) is 12.0. The number of para-hydroxylation sites is 1. The fraction of sp³-hybridized carbons (Fsp3) is 0.333. The van der Waals surface area contributed by atoms with E-state index in [4.69, 9.17) is 10.00 Å². The van der Waals surface area contributed by atoms with Crippen molar-refractivity contribution in [2.24, 2.45) is 0 Å². The second kappa shape index (κ2) is 5.89. The van der Waals surface area contributed by atoms with Crippen molar-refractivity contribution in [2.75, 3.05) is 25.7 Å². The van der Waals surface area contributed by atoms with E-state index in [0.717, 1.165) is 0 Å². The van der Waals surface area contributed by atoms with Gasteiger partial charge in [-0.15, -0.1) is 0 Å². The number of rotatable bonds is 4. The minimum Gasteiger partial charge on any atom is -0.384 e. The molecule has 0 aliphatic carbocycles. The zero-order valence-corrected chi connectivity index (χ0v) is 9.43. The van der Waals surface area contributed by atoms with Crippen molar-refractivity contribution in [3.05, 3.63) is 29.8 Å². The molecular formula is C12H14N2O2. The number of nitrogens with zero attached hydrogens (tertiary/aromatic N) is 2. The molecule has 4 heteroatoms. The lowest BCUT2D eigenvalue weighted by Gasteiger charge is -2.18. The lowest BCUT2D eigenvalue weighted by atomic mass is 10.2. The molecule has 0 aromatic heterocycles. The molecule has 4 nitrogen and oxygen atoms in total. The van der Waals surface area contributed by atoms with Crippen LogP contribution in [0.25, 0.3) is 0 Å². The van der Waals surface area contributed by atoms with E-state index in [0.29, 0.717) is 24.3 Å². The summed E-state index contributed by atoms with van der Waals surface area (Å²) >= 11 is 0. The maximum absolute atomic E-state index is 11.7.